The van der Waals surface area contributed by atoms with Crippen molar-refractivity contribution in [2.45, 2.75) is 37.3 Å². The normalized spacial score (nSPS) is 19.9. The van der Waals surface area contributed by atoms with Crippen molar-refractivity contribution < 1.29 is 23.1 Å². The summed E-state index contributed by atoms with van der Waals surface area (Å²) in [5.41, 5.74) is 3.12. The Morgan fingerprint density at radius 3 is 2.71 bits per heavy atom. The zero-order chi connectivity index (χ0) is 22.8. The van der Waals surface area contributed by atoms with E-state index in [0.29, 0.717) is 11.3 Å². The summed E-state index contributed by atoms with van der Waals surface area (Å²) >= 11 is 1.63. The minimum absolute atomic E-state index is 0.00864. The molecular formula is C23H25F3N2O2S. The number of alkyl halides is 3. The molecule has 166 valence electrons. The average Bonchev–Trinajstić information content (AvgIpc) is 3.06. The summed E-state index contributed by atoms with van der Waals surface area (Å²) in [5, 5.41) is 13.5. The summed E-state index contributed by atoms with van der Waals surface area (Å²) in [6, 6.07) is 9.42. The molecular weight excluding hydrogens is 425 g/mol. The number of aliphatic carboxylic acids is 1. The molecule has 3 rings (SSSR count). The van der Waals surface area contributed by atoms with E-state index in [9.17, 15) is 18.0 Å². The smallest absolute Gasteiger partial charge is 0.395 e. The van der Waals surface area contributed by atoms with Gasteiger partial charge >= 0.3 is 12.1 Å². The van der Waals surface area contributed by atoms with Crippen molar-refractivity contribution in [3.05, 3.63) is 65.5 Å². The van der Waals surface area contributed by atoms with E-state index in [-0.39, 0.29) is 12.3 Å². The van der Waals surface area contributed by atoms with Crippen molar-refractivity contribution in [1.29, 1.82) is 0 Å². The molecule has 3 unspecified atom stereocenters. The van der Waals surface area contributed by atoms with Crippen molar-refractivity contribution in [3.8, 4) is 0 Å². The molecule has 1 aromatic heterocycles. The van der Waals surface area contributed by atoms with E-state index in [0.717, 1.165) is 21.9 Å². The summed E-state index contributed by atoms with van der Waals surface area (Å²) in [7, 11) is 1.84. The third kappa shape index (κ3) is 5.81. The fourth-order valence-electron chi connectivity index (χ4n) is 3.71. The second kappa shape index (κ2) is 9.34. The van der Waals surface area contributed by atoms with Crippen LogP contribution in [-0.4, -0.2) is 32.8 Å². The Hall–Kier alpha value is -2.48. The molecule has 1 aromatic carbocycles. The zero-order valence-electron chi connectivity index (χ0n) is 17.6. The maximum atomic E-state index is 13.1. The van der Waals surface area contributed by atoms with Crippen LogP contribution in [0.5, 0.6) is 0 Å². The monoisotopic (exact) mass is 450 g/mol. The molecule has 2 aromatic rings. The first kappa shape index (κ1) is 23.2. The predicted octanol–water partition coefficient (Wildman–Crippen LogP) is 5.71. The second-order valence-electron chi connectivity index (χ2n) is 7.92. The number of hydrogen-bond donors (Lipinski definition) is 1. The van der Waals surface area contributed by atoms with Crippen LogP contribution in [-0.2, 0) is 18.3 Å². The number of aromatic nitrogens is 2. The first-order valence-electron chi connectivity index (χ1n) is 9.99. The third-order valence-electron chi connectivity index (χ3n) is 5.34. The molecule has 0 fully saturated rings. The van der Waals surface area contributed by atoms with Crippen LogP contribution in [0.1, 0.15) is 36.7 Å². The van der Waals surface area contributed by atoms with Gasteiger partial charge in [0.2, 0.25) is 0 Å². The number of aryl methyl sites for hydroxylation is 1. The molecule has 31 heavy (non-hydrogen) atoms. The SMILES string of the molecule is CC(CSc1cccc(CC(=O)O)c1)c1cc(C2=CC(C)C(C(F)(F)F)C=C2)nn1C. The van der Waals surface area contributed by atoms with Crippen molar-refractivity contribution in [3.63, 3.8) is 0 Å². The van der Waals surface area contributed by atoms with E-state index >= 15 is 0 Å². The number of carbonyl (C=O) groups is 1. The number of carboxylic acids is 1. The van der Waals surface area contributed by atoms with Crippen LogP contribution < -0.4 is 0 Å². The minimum Gasteiger partial charge on any atom is -0.481 e. The fraction of sp³-hybridized carbons (Fsp3) is 0.391. The number of hydrogen-bond acceptors (Lipinski definition) is 3. The van der Waals surface area contributed by atoms with Crippen molar-refractivity contribution in [2.75, 3.05) is 5.75 Å². The van der Waals surface area contributed by atoms with Gasteiger partial charge in [0.15, 0.2) is 0 Å². The minimum atomic E-state index is -4.25. The lowest BCUT2D eigenvalue weighted by Crippen LogP contribution is -2.27. The highest BCUT2D eigenvalue weighted by atomic mass is 32.2. The van der Waals surface area contributed by atoms with Crippen LogP contribution in [0, 0.1) is 11.8 Å². The van der Waals surface area contributed by atoms with E-state index in [4.69, 9.17) is 5.11 Å². The summed E-state index contributed by atoms with van der Waals surface area (Å²) < 4.78 is 41.0. The Bertz CT molecular complexity index is 1010. The number of nitrogens with zero attached hydrogens (tertiary/aromatic N) is 2. The molecule has 0 saturated heterocycles. The molecule has 1 aliphatic carbocycles. The number of thioether (sulfide) groups is 1. The standard InChI is InChI=1S/C23H25F3N2O2S/c1-14-9-17(7-8-19(14)23(24,25)26)20-12-21(28(3)27-20)15(2)13-31-18-6-4-5-16(10-18)11-22(29)30/h4-10,12,14-15,19H,11,13H2,1-3H3,(H,29,30). The van der Waals surface area contributed by atoms with Gasteiger partial charge in [-0.05, 0) is 35.3 Å². The Balaban J connectivity index is 1.68. The maximum absolute atomic E-state index is 13.1. The van der Waals surface area contributed by atoms with E-state index in [1.165, 1.54) is 12.2 Å². The number of carboxylic acid groups (broad SMARTS) is 1. The zero-order valence-corrected chi connectivity index (χ0v) is 18.4. The number of benzene rings is 1. The highest BCUT2D eigenvalue weighted by Gasteiger charge is 2.41. The van der Waals surface area contributed by atoms with Gasteiger partial charge in [0.25, 0.3) is 0 Å². The van der Waals surface area contributed by atoms with Gasteiger partial charge in [-0.15, -0.1) is 11.8 Å². The Labute approximate surface area is 183 Å². The molecule has 0 bridgehead atoms. The van der Waals surface area contributed by atoms with Crippen LogP contribution in [0.2, 0.25) is 0 Å². The van der Waals surface area contributed by atoms with Crippen LogP contribution in [0.25, 0.3) is 5.57 Å². The maximum Gasteiger partial charge on any atom is 0.395 e. The van der Waals surface area contributed by atoms with Gasteiger partial charge < -0.3 is 5.11 Å². The lowest BCUT2D eigenvalue weighted by molar-refractivity contribution is -0.168. The molecule has 4 nitrogen and oxygen atoms in total. The number of rotatable bonds is 7. The first-order chi connectivity index (χ1) is 14.5. The van der Waals surface area contributed by atoms with Gasteiger partial charge in [-0.2, -0.15) is 18.3 Å². The summed E-state index contributed by atoms with van der Waals surface area (Å²) in [5.74, 6) is -2.06. The van der Waals surface area contributed by atoms with Crippen LogP contribution in [0.4, 0.5) is 13.2 Å². The third-order valence-corrected chi connectivity index (χ3v) is 6.59. The van der Waals surface area contributed by atoms with E-state index in [1.807, 2.05) is 31.3 Å². The van der Waals surface area contributed by atoms with Gasteiger partial charge in [-0.25, -0.2) is 0 Å². The Morgan fingerprint density at radius 1 is 1.32 bits per heavy atom. The molecule has 3 atom stereocenters. The van der Waals surface area contributed by atoms with Crippen molar-refractivity contribution in [2.24, 2.45) is 18.9 Å². The number of halogens is 3. The first-order valence-corrected chi connectivity index (χ1v) is 11.0. The summed E-state index contributed by atoms with van der Waals surface area (Å²) in [6.07, 6.45) is 0.110. The fourth-order valence-corrected chi connectivity index (χ4v) is 4.74. The van der Waals surface area contributed by atoms with Crippen LogP contribution in [0.3, 0.4) is 0 Å². The largest absolute Gasteiger partial charge is 0.481 e. The molecule has 0 spiro atoms. The lowest BCUT2D eigenvalue weighted by atomic mass is 9.86. The summed E-state index contributed by atoms with van der Waals surface area (Å²) in [4.78, 5) is 11.9. The molecule has 1 aliphatic rings. The van der Waals surface area contributed by atoms with Gasteiger partial charge in [-0.1, -0.05) is 44.2 Å². The summed E-state index contributed by atoms with van der Waals surface area (Å²) in [6.45, 7) is 3.64. The quantitative estimate of drug-likeness (QED) is 0.549. The molecule has 0 amide bonds. The van der Waals surface area contributed by atoms with Crippen molar-refractivity contribution in [1.82, 2.24) is 9.78 Å². The molecule has 8 heteroatoms. The molecule has 0 radical (unpaired) electrons. The highest BCUT2D eigenvalue weighted by molar-refractivity contribution is 7.99. The van der Waals surface area contributed by atoms with Gasteiger partial charge in [0.05, 0.1) is 18.0 Å². The predicted molar refractivity (Wildman–Crippen MR) is 116 cm³/mol. The van der Waals surface area contributed by atoms with E-state index < -0.39 is 24.0 Å². The second-order valence-corrected chi connectivity index (χ2v) is 9.01. The van der Waals surface area contributed by atoms with Gasteiger partial charge in [0, 0.05) is 29.3 Å². The van der Waals surface area contributed by atoms with Crippen LogP contribution >= 0.6 is 11.8 Å². The van der Waals surface area contributed by atoms with Gasteiger partial charge in [0.1, 0.15) is 0 Å². The Morgan fingerprint density at radius 2 is 2.06 bits per heavy atom. The van der Waals surface area contributed by atoms with E-state index in [2.05, 4.69) is 12.0 Å². The average molecular weight is 451 g/mol. The number of allylic oxidation sites excluding steroid dienone is 4. The molecule has 1 N–H and O–H groups in total. The highest BCUT2D eigenvalue weighted by Crippen LogP contribution is 2.39. The lowest BCUT2D eigenvalue weighted by Gasteiger charge is -2.24. The van der Waals surface area contributed by atoms with Crippen LogP contribution in [0.15, 0.2) is 53.5 Å². The van der Waals surface area contributed by atoms with E-state index in [1.54, 1.807) is 35.5 Å². The molecule has 0 aliphatic heterocycles. The molecule has 1 heterocycles. The topological polar surface area (TPSA) is 55.1 Å². The van der Waals surface area contributed by atoms with Gasteiger partial charge in [-0.3, -0.25) is 9.48 Å². The Kier molecular flexibility index (Phi) is 6.99. The molecule has 0 saturated carbocycles. The van der Waals surface area contributed by atoms with Crippen molar-refractivity contribution >= 4 is 23.3 Å².